The number of nitrogens with zero attached hydrogens (tertiary/aromatic N) is 2. The first-order chi connectivity index (χ1) is 15.0. The molecule has 154 valence electrons. The molecule has 1 N–H and O–H groups in total. The highest BCUT2D eigenvalue weighted by Crippen LogP contribution is 2.36. The first-order valence-corrected chi connectivity index (χ1v) is 10.0. The Labute approximate surface area is 184 Å². The molecule has 1 aromatic heterocycles. The predicted octanol–water partition coefficient (Wildman–Crippen LogP) is 3.63. The summed E-state index contributed by atoms with van der Waals surface area (Å²) in [6.07, 6.45) is 3.29. The lowest BCUT2D eigenvalue weighted by Crippen LogP contribution is -2.54. The smallest absolute Gasteiger partial charge is 0.335 e. The molecule has 0 saturated carbocycles. The van der Waals surface area contributed by atoms with Gasteiger partial charge in [0, 0.05) is 28.1 Å². The summed E-state index contributed by atoms with van der Waals surface area (Å²) in [6.45, 7) is 0.0651. The quantitative estimate of drug-likeness (QED) is 0.457. The number of anilines is 1. The molecule has 3 heterocycles. The average molecular weight is 480 g/mol. The van der Waals surface area contributed by atoms with Crippen molar-refractivity contribution in [1.82, 2.24) is 9.88 Å². The van der Waals surface area contributed by atoms with Crippen LogP contribution in [-0.2, 0) is 9.59 Å². The molecule has 0 atom stereocenters. The van der Waals surface area contributed by atoms with E-state index in [9.17, 15) is 14.4 Å². The van der Waals surface area contributed by atoms with Crippen LogP contribution in [0.25, 0.3) is 11.8 Å². The number of carbonyl (C=O) groups excluding carboxylic acids is 3. The van der Waals surface area contributed by atoms with Gasteiger partial charge in [0.15, 0.2) is 11.5 Å². The van der Waals surface area contributed by atoms with Crippen LogP contribution in [0.2, 0.25) is 0 Å². The SMILES string of the molecule is O=C1NC(=O)N(c2ccc3c(c2)OCO3)C(=O)/C1=C/c1cccn1-c1ccc(Br)cc1. The summed E-state index contributed by atoms with van der Waals surface area (Å²) >= 11 is 3.40. The molecule has 8 nitrogen and oxygen atoms in total. The molecule has 0 bridgehead atoms. The van der Waals surface area contributed by atoms with Crippen LogP contribution in [0, 0.1) is 0 Å². The number of fused-ring (bicyclic) bond motifs is 1. The van der Waals surface area contributed by atoms with Gasteiger partial charge in [0.05, 0.1) is 5.69 Å². The van der Waals surface area contributed by atoms with Gasteiger partial charge in [0.1, 0.15) is 5.57 Å². The molecular formula is C22H14BrN3O5. The summed E-state index contributed by atoms with van der Waals surface area (Å²) in [7, 11) is 0. The van der Waals surface area contributed by atoms with E-state index < -0.39 is 17.8 Å². The maximum atomic E-state index is 13.2. The van der Waals surface area contributed by atoms with Crippen LogP contribution in [-0.4, -0.2) is 29.2 Å². The van der Waals surface area contributed by atoms with E-state index in [0.29, 0.717) is 17.2 Å². The summed E-state index contributed by atoms with van der Waals surface area (Å²) < 4.78 is 13.4. The number of urea groups is 1. The first kappa shape index (κ1) is 19.1. The van der Waals surface area contributed by atoms with Crippen LogP contribution in [0.15, 0.2) is 70.8 Å². The van der Waals surface area contributed by atoms with Crippen molar-refractivity contribution in [2.75, 3.05) is 11.7 Å². The van der Waals surface area contributed by atoms with Crippen molar-refractivity contribution in [2.24, 2.45) is 0 Å². The number of benzene rings is 2. The number of rotatable bonds is 3. The first-order valence-electron chi connectivity index (χ1n) is 9.26. The van der Waals surface area contributed by atoms with Gasteiger partial charge in [-0.2, -0.15) is 0 Å². The predicted molar refractivity (Wildman–Crippen MR) is 115 cm³/mol. The van der Waals surface area contributed by atoms with E-state index in [1.54, 1.807) is 24.3 Å². The Bertz CT molecular complexity index is 1260. The Kier molecular flexibility index (Phi) is 4.59. The second-order valence-electron chi connectivity index (χ2n) is 6.77. The molecule has 0 radical (unpaired) electrons. The lowest BCUT2D eigenvalue weighted by Gasteiger charge is -2.26. The number of carbonyl (C=O) groups is 3. The Balaban J connectivity index is 1.53. The van der Waals surface area contributed by atoms with E-state index in [-0.39, 0.29) is 18.1 Å². The van der Waals surface area contributed by atoms with Crippen LogP contribution in [0.3, 0.4) is 0 Å². The van der Waals surface area contributed by atoms with E-state index in [0.717, 1.165) is 15.1 Å². The third-order valence-electron chi connectivity index (χ3n) is 4.89. The lowest BCUT2D eigenvalue weighted by molar-refractivity contribution is -0.122. The fraction of sp³-hybridized carbons (Fsp3) is 0.0455. The number of hydrogen-bond donors (Lipinski definition) is 1. The Hall–Kier alpha value is -3.85. The fourth-order valence-corrected chi connectivity index (χ4v) is 3.68. The van der Waals surface area contributed by atoms with Gasteiger partial charge in [0.25, 0.3) is 11.8 Å². The normalized spacial score (nSPS) is 16.7. The van der Waals surface area contributed by atoms with Crippen LogP contribution >= 0.6 is 15.9 Å². The van der Waals surface area contributed by atoms with Gasteiger partial charge in [-0.15, -0.1) is 0 Å². The average Bonchev–Trinajstić information content (AvgIpc) is 3.40. The number of aromatic nitrogens is 1. The highest BCUT2D eigenvalue weighted by atomic mass is 79.9. The molecular weight excluding hydrogens is 466 g/mol. The van der Waals surface area contributed by atoms with Crippen LogP contribution < -0.4 is 19.7 Å². The molecule has 9 heteroatoms. The number of amides is 4. The maximum Gasteiger partial charge on any atom is 0.335 e. The molecule has 0 spiro atoms. The minimum absolute atomic E-state index is 0.0651. The summed E-state index contributed by atoms with van der Waals surface area (Å²) in [6, 6.07) is 15.0. The second-order valence-corrected chi connectivity index (χ2v) is 7.69. The number of ether oxygens (including phenoxy) is 2. The molecule has 31 heavy (non-hydrogen) atoms. The third-order valence-corrected chi connectivity index (χ3v) is 5.42. The third kappa shape index (κ3) is 3.38. The van der Waals surface area contributed by atoms with E-state index >= 15 is 0 Å². The van der Waals surface area contributed by atoms with E-state index in [1.165, 1.54) is 12.1 Å². The zero-order valence-corrected chi connectivity index (χ0v) is 17.5. The summed E-state index contributed by atoms with van der Waals surface area (Å²) in [4.78, 5) is 39.0. The van der Waals surface area contributed by atoms with Crippen molar-refractivity contribution in [2.45, 2.75) is 0 Å². The Morgan fingerprint density at radius 1 is 0.935 bits per heavy atom. The number of barbiturate groups is 1. The monoisotopic (exact) mass is 479 g/mol. The minimum atomic E-state index is -0.825. The van der Waals surface area contributed by atoms with Gasteiger partial charge in [-0.05, 0) is 54.6 Å². The fourth-order valence-electron chi connectivity index (χ4n) is 3.41. The van der Waals surface area contributed by atoms with Crippen LogP contribution in [0.5, 0.6) is 11.5 Å². The molecule has 4 amide bonds. The number of imide groups is 2. The highest BCUT2D eigenvalue weighted by molar-refractivity contribution is 9.10. The maximum absolute atomic E-state index is 13.2. The van der Waals surface area contributed by atoms with Gasteiger partial charge in [-0.1, -0.05) is 15.9 Å². The van der Waals surface area contributed by atoms with Crippen molar-refractivity contribution >= 4 is 45.5 Å². The van der Waals surface area contributed by atoms with Gasteiger partial charge < -0.3 is 14.0 Å². The summed E-state index contributed by atoms with van der Waals surface area (Å²) in [5.74, 6) is -0.538. The van der Waals surface area contributed by atoms with Crippen molar-refractivity contribution in [1.29, 1.82) is 0 Å². The Morgan fingerprint density at radius 3 is 2.48 bits per heavy atom. The molecule has 2 aliphatic rings. The number of halogens is 1. The van der Waals surface area contributed by atoms with Crippen LogP contribution in [0.1, 0.15) is 5.69 Å². The zero-order valence-electron chi connectivity index (χ0n) is 15.9. The summed E-state index contributed by atoms with van der Waals surface area (Å²) in [5.41, 5.74) is 1.58. The molecule has 2 aromatic carbocycles. The van der Waals surface area contributed by atoms with Crippen molar-refractivity contribution in [3.8, 4) is 17.2 Å². The standard InChI is InChI=1S/C22H14BrN3O5/c23-13-3-5-14(6-4-13)25-9-1-2-15(25)10-17-20(27)24-22(29)26(21(17)28)16-7-8-18-19(11-16)31-12-30-18/h1-11H,12H2,(H,24,27,29)/b17-10+. The van der Waals surface area contributed by atoms with Gasteiger partial charge in [0.2, 0.25) is 6.79 Å². The van der Waals surface area contributed by atoms with Crippen molar-refractivity contribution < 1.29 is 23.9 Å². The van der Waals surface area contributed by atoms with Gasteiger partial charge in [-0.25, -0.2) is 9.69 Å². The topological polar surface area (TPSA) is 89.9 Å². The van der Waals surface area contributed by atoms with E-state index in [2.05, 4.69) is 21.2 Å². The lowest BCUT2D eigenvalue weighted by atomic mass is 10.1. The molecule has 2 aliphatic heterocycles. The Morgan fingerprint density at radius 2 is 1.68 bits per heavy atom. The summed E-state index contributed by atoms with van der Waals surface area (Å²) in [5, 5.41) is 2.23. The molecule has 0 unspecified atom stereocenters. The van der Waals surface area contributed by atoms with Crippen LogP contribution in [0.4, 0.5) is 10.5 Å². The highest BCUT2D eigenvalue weighted by Gasteiger charge is 2.37. The van der Waals surface area contributed by atoms with Gasteiger partial charge >= 0.3 is 6.03 Å². The van der Waals surface area contributed by atoms with Crippen molar-refractivity contribution in [3.63, 3.8) is 0 Å². The molecule has 0 aliphatic carbocycles. The number of hydrogen-bond acceptors (Lipinski definition) is 5. The zero-order chi connectivity index (χ0) is 21.5. The molecule has 1 saturated heterocycles. The largest absolute Gasteiger partial charge is 0.454 e. The van der Waals surface area contributed by atoms with Crippen molar-refractivity contribution in [3.05, 3.63) is 76.5 Å². The minimum Gasteiger partial charge on any atom is -0.454 e. The van der Waals surface area contributed by atoms with E-state index in [1.807, 2.05) is 35.0 Å². The van der Waals surface area contributed by atoms with Gasteiger partial charge in [-0.3, -0.25) is 14.9 Å². The van der Waals surface area contributed by atoms with E-state index in [4.69, 9.17) is 9.47 Å². The number of nitrogens with one attached hydrogen (secondary N) is 1. The molecule has 5 rings (SSSR count). The second kappa shape index (κ2) is 7.44. The molecule has 1 fully saturated rings. The molecule has 3 aromatic rings.